The molecule has 0 amide bonds. The standard InChI is InChI=1S/C23H27N/c1-16-8-13-21-17(2)15-23(22(21)14-16)24-20-11-9-19(10-12-20)18-6-4-3-5-7-18/h3-7,9-12,15-17,21-22,24H,8,13-14H2,1-2H3/t16-,17?,21+,22-/m1/s1. The van der Waals surface area contributed by atoms with Crippen LogP contribution in [0.25, 0.3) is 11.1 Å². The van der Waals surface area contributed by atoms with E-state index in [1.165, 1.54) is 41.8 Å². The van der Waals surface area contributed by atoms with Crippen LogP contribution in [0.3, 0.4) is 0 Å². The first-order valence-electron chi connectivity index (χ1n) is 9.35. The van der Waals surface area contributed by atoms with Crippen LogP contribution in [0.1, 0.15) is 33.1 Å². The van der Waals surface area contributed by atoms with Gasteiger partial charge in [0.25, 0.3) is 0 Å². The number of allylic oxidation sites excluding steroid dienone is 2. The maximum Gasteiger partial charge on any atom is 0.0382 e. The van der Waals surface area contributed by atoms with Crippen molar-refractivity contribution < 1.29 is 0 Å². The highest BCUT2D eigenvalue weighted by atomic mass is 14.9. The van der Waals surface area contributed by atoms with Gasteiger partial charge in [0.15, 0.2) is 0 Å². The van der Waals surface area contributed by atoms with Crippen molar-refractivity contribution in [1.29, 1.82) is 0 Å². The van der Waals surface area contributed by atoms with Crippen LogP contribution in [-0.4, -0.2) is 0 Å². The molecule has 0 spiro atoms. The highest BCUT2D eigenvalue weighted by Gasteiger charge is 2.38. The van der Waals surface area contributed by atoms with E-state index < -0.39 is 0 Å². The number of hydrogen-bond acceptors (Lipinski definition) is 1. The number of rotatable bonds is 3. The van der Waals surface area contributed by atoms with Crippen molar-refractivity contribution in [3.8, 4) is 11.1 Å². The Morgan fingerprint density at radius 1 is 0.833 bits per heavy atom. The lowest BCUT2D eigenvalue weighted by Crippen LogP contribution is -2.26. The molecular formula is C23H27N. The summed E-state index contributed by atoms with van der Waals surface area (Å²) in [6.45, 7) is 4.80. The van der Waals surface area contributed by atoms with Gasteiger partial charge in [-0.3, -0.25) is 0 Å². The van der Waals surface area contributed by atoms with Crippen molar-refractivity contribution in [3.63, 3.8) is 0 Å². The number of nitrogens with one attached hydrogen (secondary N) is 1. The molecule has 1 unspecified atom stereocenters. The minimum atomic E-state index is 0.716. The summed E-state index contributed by atoms with van der Waals surface area (Å²) >= 11 is 0. The lowest BCUT2D eigenvalue weighted by molar-refractivity contribution is 0.203. The van der Waals surface area contributed by atoms with E-state index in [-0.39, 0.29) is 0 Å². The quantitative estimate of drug-likeness (QED) is 0.695. The molecule has 0 radical (unpaired) electrons. The summed E-state index contributed by atoms with van der Waals surface area (Å²) in [5.41, 5.74) is 5.23. The van der Waals surface area contributed by atoms with Crippen molar-refractivity contribution >= 4 is 5.69 Å². The molecule has 1 fully saturated rings. The SMILES string of the molecule is CC1C=C(Nc2ccc(-c3ccccc3)cc2)[C@@H]2C[C@H](C)CC[C@@H]12. The molecule has 0 heterocycles. The molecule has 0 saturated heterocycles. The van der Waals surface area contributed by atoms with Gasteiger partial charge in [-0.25, -0.2) is 0 Å². The summed E-state index contributed by atoms with van der Waals surface area (Å²) in [5.74, 6) is 3.17. The molecular weight excluding hydrogens is 290 g/mol. The maximum atomic E-state index is 3.73. The number of fused-ring (bicyclic) bond motifs is 1. The minimum absolute atomic E-state index is 0.716. The van der Waals surface area contributed by atoms with Crippen LogP contribution in [0.5, 0.6) is 0 Å². The second-order valence-corrected chi connectivity index (χ2v) is 7.74. The molecule has 0 aromatic heterocycles. The summed E-state index contributed by atoms with van der Waals surface area (Å²) < 4.78 is 0. The summed E-state index contributed by atoms with van der Waals surface area (Å²) in [7, 11) is 0. The zero-order valence-corrected chi connectivity index (χ0v) is 14.7. The second-order valence-electron chi connectivity index (χ2n) is 7.74. The molecule has 4 atom stereocenters. The lowest BCUT2D eigenvalue weighted by Gasteiger charge is -2.34. The highest BCUT2D eigenvalue weighted by molar-refractivity contribution is 5.66. The molecule has 2 aromatic carbocycles. The van der Waals surface area contributed by atoms with E-state index in [0.29, 0.717) is 5.92 Å². The molecule has 2 aromatic rings. The van der Waals surface area contributed by atoms with Gasteiger partial charge < -0.3 is 5.32 Å². The largest absolute Gasteiger partial charge is 0.359 e. The van der Waals surface area contributed by atoms with Crippen molar-refractivity contribution in [1.82, 2.24) is 0 Å². The molecule has 2 aliphatic carbocycles. The summed E-state index contributed by atoms with van der Waals surface area (Å²) in [5, 5.41) is 3.73. The van der Waals surface area contributed by atoms with Crippen molar-refractivity contribution in [2.45, 2.75) is 33.1 Å². The van der Waals surface area contributed by atoms with Crippen LogP contribution in [0.2, 0.25) is 0 Å². The molecule has 0 bridgehead atoms. The molecule has 4 rings (SSSR count). The van der Waals surface area contributed by atoms with Crippen LogP contribution in [0, 0.1) is 23.7 Å². The summed E-state index contributed by atoms with van der Waals surface area (Å²) in [4.78, 5) is 0. The van der Waals surface area contributed by atoms with Crippen molar-refractivity contribution in [2.24, 2.45) is 23.7 Å². The summed E-state index contributed by atoms with van der Waals surface area (Å²) in [6, 6.07) is 19.5. The first-order valence-corrected chi connectivity index (χ1v) is 9.35. The Morgan fingerprint density at radius 3 is 2.29 bits per heavy atom. The van der Waals surface area contributed by atoms with Crippen LogP contribution in [0.15, 0.2) is 66.4 Å². The Bertz CT molecular complexity index is 713. The van der Waals surface area contributed by atoms with Crippen LogP contribution in [0.4, 0.5) is 5.69 Å². The Hall–Kier alpha value is -2.02. The Labute approximate surface area is 145 Å². The molecule has 0 aliphatic heterocycles. The molecule has 2 aliphatic rings. The van der Waals surface area contributed by atoms with E-state index in [9.17, 15) is 0 Å². The van der Waals surface area contributed by atoms with Gasteiger partial charge >= 0.3 is 0 Å². The predicted octanol–water partition coefficient (Wildman–Crippen LogP) is 6.35. The first kappa shape index (κ1) is 15.5. The highest BCUT2D eigenvalue weighted by Crippen LogP contribution is 2.47. The zero-order chi connectivity index (χ0) is 16.5. The maximum absolute atomic E-state index is 3.73. The second kappa shape index (κ2) is 6.47. The van der Waals surface area contributed by atoms with Gasteiger partial charge in [-0.15, -0.1) is 0 Å². The third-order valence-electron chi connectivity index (χ3n) is 5.96. The first-order chi connectivity index (χ1) is 11.7. The topological polar surface area (TPSA) is 12.0 Å². The van der Waals surface area contributed by atoms with Crippen LogP contribution in [-0.2, 0) is 0 Å². The fraction of sp³-hybridized carbons (Fsp3) is 0.391. The van der Waals surface area contributed by atoms with E-state index in [0.717, 1.165) is 17.8 Å². The Morgan fingerprint density at radius 2 is 1.54 bits per heavy atom. The molecule has 1 heteroatoms. The van der Waals surface area contributed by atoms with Crippen molar-refractivity contribution in [2.75, 3.05) is 5.32 Å². The van der Waals surface area contributed by atoms with Gasteiger partial charge in [0.2, 0.25) is 0 Å². The summed E-state index contributed by atoms with van der Waals surface area (Å²) in [6.07, 6.45) is 6.62. The fourth-order valence-electron chi connectivity index (χ4n) is 4.60. The minimum Gasteiger partial charge on any atom is -0.359 e. The van der Waals surface area contributed by atoms with Gasteiger partial charge in [-0.05, 0) is 53.9 Å². The molecule has 1 N–H and O–H groups in total. The van der Waals surface area contributed by atoms with Gasteiger partial charge in [0, 0.05) is 17.3 Å². The van der Waals surface area contributed by atoms with Crippen LogP contribution >= 0.6 is 0 Å². The molecule has 1 nitrogen and oxygen atoms in total. The predicted molar refractivity (Wildman–Crippen MR) is 103 cm³/mol. The Kier molecular flexibility index (Phi) is 4.18. The number of hydrogen-bond donors (Lipinski definition) is 1. The lowest BCUT2D eigenvalue weighted by atomic mass is 9.73. The average molecular weight is 317 g/mol. The van der Waals surface area contributed by atoms with E-state index in [1.807, 2.05) is 0 Å². The van der Waals surface area contributed by atoms with Gasteiger partial charge in [-0.2, -0.15) is 0 Å². The number of benzene rings is 2. The Balaban J connectivity index is 1.50. The normalized spacial score (nSPS) is 29.0. The smallest absolute Gasteiger partial charge is 0.0382 e. The van der Waals surface area contributed by atoms with Gasteiger partial charge in [-0.1, -0.05) is 68.8 Å². The van der Waals surface area contributed by atoms with Gasteiger partial charge in [0.1, 0.15) is 0 Å². The molecule has 1 saturated carbocycles. The van der Waals surface area contributed by atoms with E-state index in [1.54, 1.807) is 0 Å². The molecule has 124 valence electrons. The van der Waals surface area contributed by atoms with E-state index in [2.05, 4.69) is 79.8 Å². The van der Waals surface area contributed by atoms with Gasteiger partial charge in [0.05, 0.1) is 0 Å². The monoisotopic (exact) mass is 317 g/mol. The zero-order valence-electron chi connectivity index (χ0n) is 14.7. The third-order valence-corrected chi connectivity index (χ3v) is 5.96. The third kappa shape index (κ3) is 3.00. The van der Waals surface area contributed by atoms with Crippen molar-refractivity contribution in [3.05, 3.63) is 66.4 Å². The fourth-order valence-corrected chi connectivity index (χ4v) is 4.60. The van der Waals surface area contributed by atoms with E-state index in [4.69, 9.17) is 0 Å². The average Bonchev–Trinajstić information content (AvgIpc) is 2.91. The number of anilines is 1. The molecule has 24 heavy (non-hydrogen) atoms. The van der Waals surface area contributed by atoms with Crippen LogP contribution < -0.4 is 5.32 Å². The van der Waals surface area contributed by atoms with E-state index >= 15 is 0 Å².